The number of ketones is 1. The van der Waals surface area contributed by atoms with Crippen LogP contribution in [0.3, 0.4) is 0 Å². The van der Waals surface area contributed by atoms with Gasteiger partial charge in [0.2, 0.25) is 10.7 Å². The summed E-state index contributed by atoms with van der Waals surface area (Å²) in [5, 5.41) is 3.34. The van der Waals surface area contributed by atoms with Gasteiger partial charge in [-0.15, -0.1) is 0 Å². The predicted octanol–water partition coefficient (Wildman–Crippen LogP) is 3.75. The number of allylic oxidation sites excluding steroid dienone is 1. The fourth-order valence-corrected chi connectivity index (χ4v) is 4.08. The van der Waals surface area contributed by atoms with Crippen molar-refractivity contribution in [3.63, 3.8) is 0 Å². The molecule has 0 fully saturated rings. The van der Waals surface area contributed by atoms with Crippen LogP contribution in [0.4, 0.5) is 0 Å². The molecule has 0 saturated heterocycles. The van der Waals surface area contributed by atoms with Gasteiger partial charge in [-0.05, 0) is 18.6 Å². The molecule has 1 heterocycles. The Morgan fingerprint density at radius 3 is 2.48 bits per heavy atom. The molecule has 118 valence electrons. The fourth-order valence-electron chi connectivity index (χ4n) is 2.65. The third-order valence-electron chi connectivity index (χ3n) is 3.84. The molecule has 0 radical (unpaired) electrons. The van der Waals surface area contributed by atoms with E-state index >= 15 is 0 Å². The first-order valence-electron chi connectivity index (χ1n) is 7.83. The van der Waals surface area contributed by atoms with E-state index in [-0.39, 0.29) is 5.78 Å². The average molecular weight is 325 g/mol. The molecule has 2 aromatic rings. The van der Waals surface area contributed by atoms with Crippen molar-refractivity contribution in [2.24, 2.45) is 0 Å². The van der Waals surface area contributed by atoms with Gasteiger partial charge in [-0.3, -0.25) is 4.79 Å². The third-order valence-corrected chi connectivity index (χ3v) is 5.36. The van der Waals surface area contributed by atoms with E-state index in [0.717, 1.165) is 24.9 Å². The number of rotatable bonds is 5. The van der Waals surface area contributed by atoms with Crippen molar-refractivity contribution in [3.8, 4) is 0 Å². The molecule has 2 aromatic carbocycles. The molecule has 0 aliphatic carbocycles. The highest BCUT2D eigenvalue weighted by atomic mass is 32.2. The van der Waals surface area contributed by atoms with Crippen LogP contribution in [0.15, 0.2) is 64.4 Å². The van der Waals surface area contributed by atoms with Crippen LogP contribution < -0.4 is 5.32 Å². The van der Waals surface area contributed by atoms with Gasteiger partial charge in [0, 0.05) is 23.3 Å². The molecule has 4 heteroatoms. The Labute approximate surface area is 139 Å². The van der Waals surface area contributed by atoms with Crippen LogP contribution in [0.5, 0.6) is 0 Å². The number of Topliss-reactive ketones (excluding diaryl/α,β-unsaturated/α-hetero) is 1. The van der Waals surface area contributed by atoms with E-state index in [1.165, 1.54) is 0 Å². The van der Waals surface area contributed by atoms with Gasteiger partial charge in [0.15, 0.2) is 4.90 Å². The van der Waals surface area contributed by atoms with E-state index in [0.29, 0.717) is 21.1 Å². The number of hydrogen-bond donors (Lipinski definition) is 1. The molecule has 0 spiro atoms. The summed E-state index contributed by atoms with van der Waals surface area (Å²) in [6.07, 6.45) is 2.05. The predicted molar refractivity (Wildman–Crippen MR) is 93.5 cm³/mol. The molecular formula is C19H19NO2S. The molecule has 1 aliphatic rings. The zero-order valence-corrected chi connectivity index (χ0v) is 13.9. The fraction of sp³-hybridized carbons (Fsp3) is 0.211. The van der Waals surface area contributed by atoms with Crippen LogP contribution in [0.1, 0.15) is 35.7 Å². The topological polar surface area (TPSA) is 52.2 Å². The lowest BCUT2D eigenvalue weighted by Crippen LogP contribution is -2.19. The number of benzene rings is 2. The van der Waals surface area contributed by atoms with Crippen molar-refractivity contribution >= 4 is 22.7 Å². The first-order valence-corrected chi connectivity index (χ1v) is 8.98. The number of nitrogens with one attached hydrogen (secondary N) is 1. The van der Waals surface area contributed by atoms with Gasteiger partial charge in [-0.2, -0.15) is 0 Å². The van der Waals surface area contributed by atoms with E-state index < -0.39 is 11.2 Å². The van der Waals surface area contributed by atoms with Crippen molar-refractivity contribution in [3.05, 3.63) is 70.6 Å². The first kappa shape index (κ1) is 15.8. The van der Waals surface area contributed by atoms with Crippen molar-refractivity contribution < 1.29 is 9.35 Å². The lowest BCUT2D eigenvalue weighted by Gasteiger charge is -2.14. The molecule has 0 saturated carbocycles. The second-order valence-electron chi connectivity index (χ2n) is 5.44. The van der Waals surface area contributed by atoms with Crippen LogP contribution in [-0.4, -0.2) is 16.9 Å². The summed E-state index contributed by atoms with van der Waals surface area (Å²) < 4.78 is 12.8. The maximum absolute atomic E-state index is 12.8. The summed E-state index contributed by atoms with van der Waals surface area (Å²) in [6, 6.07) is 16.8. The smallest absolute Gasteiger partial charge is 0.248 e. The largest absolute Gasteiger partial charge is 0.606 e. The molecule has 0 bridgehead atoms. The lowest BCUT2D eigenvalue weighted by molar-refractivity contribution is 0.104. The summed E-state index contributed by atoms with van der Waals surface area (Å²) in [7, 11) is 0. The van der Waals surface area contributed by atoms with E-state index in [1.54, 1.807) is 12.1 Å². The number of carbonyl (C=O) groups excluding carboxylic acids is 1. The van der Waals surface area contributed by atoms with Gasteiger partial charge in [0.05, 0.1) is 5.56 Å². The standard InChI is InChI=1S/C19H19NO2S/c1-2-3-13-20-17(14-9-5-4-6-10-14)19-18(21)15-11-7-8-12-16(15)23(19)22/h4-12,20H,2-3,13H2,1H3. The van der Waals surface area contributed by atoms with Gasteiger partial charge in [0.25, 0.3) is 0 Å². The Bertz CT molecular complexity index is 740. The van der Waals surface area contributed by atoms with Crippen LogP contribution in [-0.2, 0) is 11.2 Å². The van der Waals surface area contributed by atoms with Gasteiger partial charge in [0.1, 0.15) is 5.70 Å². The number of carbonyl (C=O) groups is 1. The molecule has 1 N–H and O–H groups in total. The second kappa shape index (κ2) is 7.02. The molecule has 0 amide bonds. The van der Waals surface area contributed by atoms with Crippen molar-refractivity contribution in [1.29, 1.82) is 0 Å². The van der Waals surface area contributed by atoms with Gasteiger partial charge >= 0.3 is 0 Å². The number of fused-ring (bicyclic) bond motifs is 1. The summed E-state index contributed by atoms with van der Waals surface area (Å²) >= 11 is -1.43. The molecule has 3 rings (SSSR count). The molecule has 23 heavy (non-hydrogen) atoms. The SMILES string of the molecule is CCCCNC(=C1C(=O)c2ccccc2[S+]1[O-])c1ccccc1. The van der Waals surface area contributed by atoms with Crippen LogP contribution in [0.2, 0.25) is 0 Å². The number of unbranched alkanes of at least 4 members (excludes halogenated alkanes) is 1. The van der Waals surface area contributed by atoms with Gasteiger partial charge < -0.3 is 9.87 Å². The van der Waals surface area contributed by atoms with Gasteiger partial charge in [-0.25, -0.2) is 0 Å². The lowest BCUT2D eigenvalue weighted by atomic mass is 10.1. The zero-order valence-electron chi connectivity index (χ0n) is 13.0. The highest BCUT2D eigenvalue weighted by Crippen LogP contribution is 2.37. The molecule has 3 nitrogen and oxygen atoms in total. The van der Waals surface area contributed by atoms with Crippen molar-refractivity contribution in [2.45, 2.75) is 24.7 Å². The van der Waals surface area contributed by atoms with Crippen LogP contribution in [0, 0.1) is 0 Å². The van der Waals surface area contributed by atoms with E-state index in [1.807, 2.05) is 42.5 Å². The minimum absolute atomic E-state index is 0.137. The minimum atomic E-state index is -1.43. The Morgan fingerprint density at radius 1 is 1.09 bits per heavy atom. The van der Waals surface area contributed by atoms with Crippen LogP contribution in [0.25, 0.3) is 5.70 Å². The summed E-state index contributed by atoms with van der Waals surface area (Å²) in [5.74, 6) is -0.137. The van der Waals surface area contributed by atoms with E-state index in [2.05, 4.69) is 12.2 Å². The van der Waals surface area contributed by atoms with E-state index in [4.69, 9.17) is 0 Å². The Kier molecular flexibility index (Phi) is 4.84. The third kappa shape index (κ3) is 3.05. The average Bonchev–Trinajstić information content (AvgIpc) is 2.85. The Morgan fingerprint density at radius 2 is 1.78 bits per heavy atom. The minimum Gasteiger partial charge on any atom is -0.606 e. The monoisotopic (exact) mass is 325 g/mol. The molecular weight excluding hydrogens is 306 g/mol. The summed E-state index contributed by atoms with van der Waals surface area (Å²) in [6.45, 7) is 2.87. The van der Waals surface area contributed by atoms with Crippen molar-refractivity contribution in [2.75, 3.05) is 6.54 Å². The quantitative estimate of drug-likeness (QED) is 0.517. The molecule has 1 aliphatic heterocycles. The Hall–Kier alpha value is -2.04. The summed E-state index contributed by atoms with van der Waals surface area (Å²) in [4.78, 5) is 13.7. The molecule has 1 unspecified atom stereocenters. The zero-order chi connectivity index (χ0) is 16.2. The Balaban J connectivity index is 2.08. The normalized spacial score (nSPS) is 18.7. The highest BCUT2D eigenvalue weighted by Gasteiger charge is 2.41. The highest BCUT2D eigenvalue weighted by molar-refractivity contribution is 7.97. The number of hydrogen-bond acceptors (Lipinski definition) is 3. The van der Waals surface area contributed by atoms with Gasteiger partial charge in [-0.1, -0.05) is 55.8 Å². The second-order valence-corrected chi connectivity index (χ2v) is 6.83. The maximum Gasteiger partial charge on any atom is 0.248 e. The molecule has 1 atom stereocenters. The van der Waals surface area contributed by atoms with E-state index in [9.17, 15) is 9.35 Å². The maximum atomic E-state index is 12.8. The van der Waals surface area contributed by atoms with Crippen molar-refractivity contribution in [1.82, 2.24) is 5.32 Å². The first-order chi connectivity index (χ1) is 11.2. The van der Waals surface area contributed by atoms with Crippen LogP contribution >= 0.6 is 0 Å². The molecule has 0 aromatic heterocycles. The summed E-state index contributed by atoms with van der Waals surface area (Å²) in [5.41, 5.74) is 2.14.